The van der Waals surface area contributed by atoms with Gasteiger partial charge in [0.1, 0.15) is 5.76 Å². The van der Waals surface area contributed by atoms with E-state index in [2.05, 4.69) is 4.98 Å². The van der Waals surface area contributed by atoms with Crippen LogP contribution in [0.25, 0.3) is 0 Å². The lowest BCUT2D eigenvalue weighted by molar-refractivity contribution is 0.196. The largest absolute Gasteiger partial charge is 0.448 e. The molecule has 10 heavy (non-hydrogen) atoms. The average Bonchev–Trinajstić information content (AvgIpc) is 2.31. The quantitative estimate of drug-likeness (QED) is 0.633. The molecule has 0 amide bonds. The van der Waals surface area contributed by atoms with Crippen molar-refractivity contribution in [2.24, 2.45) is 0 Å². The van der Waals surface area contributed by atoms with Crippen molar-refractivity contribution in [2.45, 2.75) is 13.3 Å². The highest BCUT2D eigenvalue weighted by Crippen LogP contribution is 2.04. The monoisotopic (exact) mass is 141 g/mol. The highest BCUT2D eigenvalue weighted by atomic mass is 16.5. The third-order valence-corrected chi connectivity index (χ3v) is 1.38. The molecule has 0 fully saturated rings. The molecule has 0 N–H and O–H groups in total. The van der Waals surface area contributed by atoms with E-state index in [4.69, 9.17) is 9.15 Å². The molecule has 0 aliphatic carbocycles. The van der Waals surface area contributed by atoms with Crippen molar-refractivity contribution in [3.05, 3.63) is 17.8 Å². The first-order valence-corrected chi connectivity index (χ1v) is 3.22. The molecule has 56 valence electrons. The summed E-state index contributed by atoms with van der Waals surface area (Å²) in [6, 6.07) is 0. The van der Waals surface area contributed by atoms with Gasteiger partial charge < -0.3 is 9.15 Å². The number of aryl methyl sites for hydroxylation is 1. The minimum Gasteiger partial charge on any atom is -0.448 e. The second-order valence-electron chi connectivity index (χ2n) is 2.10. The number of ether oxygens (including phenoxy) is 1. The van der Waals surface area contributed by atoms with Gasteiger partial charge in [-0.15, -0.1) is 0 Å². The zero-order valence-electron chi connectivity index (χ0n) is 6.26. The van der Waals surface area contributed by atoms with Crippen LogP contribution in [0.15, 0.2) is 10.8 Å². The maximum Gasteiger partial charge on any atom is 0.181 e. The van der Waals surface area contributed by atoms with Crippen LogP contribution >= 0.6 is 0 Å². The molecule has 0 aliphatic heterocycles. The van der Waals surface area contributed by atoms with E-state index in [-0.39, 0.29) is 0 Å². The topological polar surface area (TPSA) is 35.3 Å². The van der Waals surface area contributed by atoms with E-state index in [1.165, 1.54) is 6.39 Å². The van der Waals surface area contributed by atoms with Gasteiger partial charge in [-0.1, -0.05) is 0 Å². The second kappa shape index (κ2) is 3.37. The molecule has 0 saturated carbocycles. The Labute approximate surface area is 60.0 Å². The summed E-state index contributed by atoms with van der Waals surface area (Å²) in [7, 11) is 1.67. The number of nitrogens with zero attached hydrogens (tertiary/aromatic N) is 1. The van der Waals surface area contributed by atoms with Crippen molar-refractivity contribution >= 4 is 0 Å². The van der Waals surface area contributed by atoms with Gasteiger partial charge in [0, 0.05) is 13.5 Å². The van der Waals surface area contributed by atoms with Crippen LogP contribution in [0.1, 0.15) is 11.5 Å². The molecule has 1 rings (SSSR count). The Hall–Kier alpha value is -0.830. The van der Waals surface area contributed by atoms with Gasteiger partial charge in [-0.25, -0.2) is 4.98 Å². The first-order chi connectivity index (χ1) is 4.84. The fraction of sp³-hybridized carbons (Fsp3) is 0.571. The summed E-state index contributed by atoms with van der Waals surface area (Å²) < 4.78 is 9.96. The zero-order valence-corrected chi connectivity index (χ0v) is 6.26. The van der Waals surface area contributed by atoms with Gasteiger partial charge in [-0.2, -0.15) is 0 Å². The normalized spacial score (nSPS) is 10.2. The van der Waals surface area contributed by atoms with Crippen LogP contribution in [0, 0.1) is 6.92 Å². The molecule has 0 spiro atoms. The van der Waals surface area contributed by atoms with E-state index in [0.717, 1.165) is 17.9 Å². The van der Waals surface area contributed by atoms with Crippen LogP contribution < -0.4 is 0 Å². The van der Waals surface area contributed by atoms with Crippen molar-refractivity contribution in [1.29, 1.82) is 0 Å². The van der Waals surface area contributed by atoms with Gasteiger partial charge in [0.25, 0.3) is 0 Å². The fourth-order valence-corrected chi connectivity index (χ4v) is 0.761. The summed E-state index contributed by atoms with van der Waals surface area (Å²) >= 11 is 0. The number of hydrogen-bond acceptors (Lipinski definition) is 3. The number of hydrogen-bond donors (Lipinski definition) is 0. The molecule has 3 heteroatoms. The molecule has 0 saturated heterocycles. The standard InChI is InChI=1S/C7H11NO2/c1-6-7(3-4-9-2)10-5-8-6/h5H,3-4H2,1-2H3. The summed E-state index contributed by atoms with van der Waals surface area (Å²) in [6.07, 6.45) is 2.27. The molecule has 0 radical (unpaired) electrons. The molecule has 1 aromatic rings. The molecule has 0 aliphatic rings. The molecular weight excluding hydrogens is 130 g/mol. The first-order valence-electron chi connectivity index (χ1n) is 3.22. The Morgan fingerprint density at radius 2 is 2.50 bits per heavy atom. The average molecular weight is 141 g/mol. The first kappa shape index (κ1) is 7.28. The molecule has 0 aromatic carbocycles. The van der Waals surface area contributed by atoms with E-state index < -0.39 is 0 Å². The van der Waals surface area contributed by atoms with E-state index >= 15 is 0 Å². The molecular formula is C7H11NO2. The molecule has 0 atom stereocenters. The van der Waals surface area contributed by atoms with Crippen molar-refractivity contribution in [2.75, 3.05) is 13.7 Å². The van der Waals surface area contributed by atoms with Gasteiger partial charge in [-0.05, 0) is 6.92 Å². The van der Waals surface area contributed by atoms with Gasteiger partial charge in [0.05, 0.1) is 12.3 Å². The van der Waals surface area contributed by atoms with E-state index in [9.17, 15) is 0 Å². The maximum atomic E-state index is 5.08. The Morgan fingerprint density at radius 1 is 1.70 bits per heavy atom. The predicted octanol–water partition coefficient (Wildman–Crippen LogP) is 1.17. The number of aromatic nitrogens is 1. The van der Waals surface area contributed by atoms with E-state index in [1.54, 1.807) is 7.11 Å². The van der Waals surface area contributed by atoms with Gasteiger partial charge >= 0.3 is 0 Å². The Balaban J connectivity index is 2.49. The second-order valence-corrected chi connectivity index (χ2v) is 2.10. The minimum absolute atomic E-state index is 0.691. The number of methoxy groups -OCH3 is 1. The SMILES string of the molecule is COCCc1ocnc1C. The molecule has 3 nitrogen and oxygen atoms in total. The van der Waals surface area contributed by atoms with Crippen molar-refractivity contribution < 1.29 is 9.15 Å². The Kier molecular flexibility index (Phi) is 2.45. The number of oxazole rings is 1. The van der Waals surface area contributed by atoms with Crippen LogP contribution in [0.4, 0.5) is 0 Å². The molecule has 0 unspecified atom stereocenters. The minimum atomic E-state index is 0.691. The smallest absolute Gasteiger partial charge is 0.181 e. The lowest BCUT2D eigenvalue weighted by Crippen LogP contribution is -1.94. The lowest BCUT2D eigenvalue weighted by Gasteiger charge is -1.94. The summed E-state index contributed by atoms with van der Waals surface area (Å²) in [6.45, 7) is 2.62. The highest BCUT2D eigenvalue weighted by Gasteiger charge is 2.00. The lowest BCUT2D eigenvalue weighted by atomic mass is 10.3. The van der Waals surface area contributed by atoms with Crippen molar-refractivity contribution in [3.8, 4) is 0 Å². The van der Waals surface area contributed by atoms with Crippen LogP contribution in [0.2, 0.25) is 0 Å². The van der Waals surface area contributed by atoms with E-state index in [1.807, 2.05) is 6.92 Å². The van der Waals surface area contributed by atoms with Crippen LogP contribution in [-0.4, -0.2) is 18.7 Å². The van der Waals surface area contributed by atoms with Gasteiger partial charge in [0.2, 0.25) is 0 Å². The molecule has 0 bridgehead atoms. The molecule has 1 aromatic heterocycles. The van der Waals surface area contributed by atoms with Gasteiger partial charge in [-0.3, -0.25) is 0 Å². The van der Waals surface area contributed by atoms with Crippen molar-refractivity contribution in [3.63, 3.8) is 0 Å². The van der Waals surface area contributed by atoms with Gasteiger partial charge in [0.15, 0.2) is 6.39 Å². The van der Waals surface area contributed by atoms with Crippen LogP contribution in [0.3, 0.4) is 0 Å². The Morgan fingerprint density at radius 3 is 3.00 bits per heavy atom. The zero-order chi connectivity index (χ0) is 7.40. The van der Waals surface area contributed by atoms with E-state index in [0.29, 0.717) is 6.61 Å². The van der Waals surface area contributed by atoms with Crippen LogP contribution in [0.5, 0.6) is 0 Å². The number of rotatable bonds is 3. The predicted molar refractivity (Wildman–Crippen MR) is 36.8 cm³/mol. The fourth-order valence-electron chi connectivity index (χ4n) is 0.761. The van der Waals surface area contributed by atoms with Crippen molar-refractivity contribution in [1.82, 2.24) is 4.98 Å². The summed E-state index contributed by atoms with van der Waals surface area (Å²) in [5, 5.41) is 0. The summed E-state index contributed by atoms with van der Waals surface area (Å²) in [5.74, 6) is 0.918. The highest BCUT2D eigenvalue weighted by molar-refractivity contribution is 5.03. The third-order valence-electron chi connectivity index (χ3n) is 1.38. The third kappa shape index (κ3) is 1.57. The maximum absolute atomic E-state index is 5.08. The molecule has 1 heterocycles. The summed E-state index contributed by atoms with van der Waals surface area (Å²) in [4.78, 5) is 3.95. The Bertz CT molecular complexity index is 195. The summed E-state index contributed by atoms with van der Waals surface area (Å²) in [5.41, 5.74) is 0.956. The van der Waals surface area contributed by atoms with Crippen LogP contribution in [-0.2, 0) is 11.2 Å².